The highest BCUT2D eigenvalue weighted by Gasteiger charge is 2.37. The van der Waals surface area contributed by atoms with Crippen LogP contribution in [0.25, 0.3) is 10.8 Å². The van der Waals surface area contributed by atoms with Gasteiger partial charge in [0.05, 0.1) is 23.9 Å². The van der Waals surface area contributed by atoms with Crippen LogP contribution in [0.5, 0.6) is 0 Å². The molecule has 3 aromatic rings. The first-order chi connectivity index (χ1) is 17.2. The highest BCUT2D eigenvalue weighted by atomic mass is 16.1. The second kappa shape index (κ2) is 9.29. The standard InChI is InChI=1S/C30H32N4O/c1-20-19-34-26-17-8-7-16-25(26)28(22-11-3-2-4-12-22)33-29(30(34)31-20)32-27(35)18-23-14-9-13-21-10-5-6-15-24(21)23/h5-10,13-17,20,22,29H,2-4,11-12,18-19H2,1H3,(H,32,35)/t20-,29+/m0/s1. The minimum absolute atomic E-state index is 0.0220. The largest absolute Gasteiger partial charge is 0.328 e. The number of fused-ring (bicyclic) bond motifs is 4. The summed E-state index contributed by atoms with van der Waals surface area (Å²) in [5.74, 6) is 1.27. The van der Waals surface area contributed by atoms with Gasteiger partial charge < -0.3 is 10.2 Å². The smallest absolute Gasteiger partial charge is 0.226 e. The maximum absolute atomic E-state index is 13.4. The van der Waals surface area contributed by atoms with E-state index in [-0.39, 0.29) is 11.9 Å². The maximum Gasteiger partial charge on any atom is 0.226 e. The van der Waals surface area contributed by atoms with Crippen molar-refractivity contribution in [2.45, 2.75) is 57.7 Å². The second-order valence-electron chi connectivity index (χ2n) is 10.1. The molecule has 1 aliphatic carbocycles. The van der Waals surface area contributed by atoms with Gasteiger partial charge in [-0.25, -0.2) is 0 Å². The number of para-hydroxylation sites is 1. The van der Waals surface area contributed by atoms with Crippen molar-refractivity contribution in [2.24, 2.45) is 15.9 Å². The SMILES string of the molecule is C[C@H]1CN2C(=N1)[C@H](NC(=O)Cc1cccc3ccccc13)N=C(C1CCCCC1)c1ccccc12. The zero-order valence-electron chi connectivity index (χ0n) is 20.3. The highest BCUT2D eigenvalue weighted by Crippen LogP contribution is 2.35. The van der Waals surface area contributed by atoms with E-state index in [1.165, 1.54) is 30.5 Å². The van der Waals surface area contributed by atoms with Crippen molar-refractivity contribution < 1.29 is 4.79 Å². The Morgan fingerprint density at radius 3 is 2.60 bits per heavy atom. The number of amidine groups is 1. The Kier molecular flexibility index (Phi) is 5.85. The third-order valence-electron chi connectivity index (χ3n) is 7.58. The monoisotopic (exact) mass is 464 g/mol. The van der Waals surface area contributed by atoms with Gasteiger partial charge >= 0.3 is 0 Å². The number of hydrogen-bond acceptors (Lipinski definition) is 4. The summed E-state index contributed by atoms with van der Waals surface area (Å²) in [5, 5.41) is 5.55. The number of hydrogen-bond donors (Lipinski definition) is 1. The summed E-state index contributed by atoms with van der Waals surface area (Å²) in [6, 6.07) is 23.1. The molecule has 2 atom stereocenters. The van der Waals surface area contributed by atoms with Gasteiger partial charge in [0.25, 0.3) is 0 Å². The average Bonchev–Trinajstić information content (AvgIpc) is 3.23. The summed E-state index contributed by atoms with van der Waals surface area (Å²) in [4.78, 5) is 25.9. The first-order valence-corrected chi connectivity index (χ1v) is 13.0. The third kappa shape index (κ3) is 4.24. The molecule has 5 heteroatoms. The highest BCUT2D eigenvalue weighted by molar-refractivity contribution is 6.16. The van der Waals surface area contributed by atoms with Crippen LogP contribution in [0.15, 0.2) is 76.7 Å². The summed E-state index contributed by atoms with van der Waals surface area (Å²) in [5.41, 5.74) is 4.55. The lowest BCUT2D eigenvalue weighted by molar-refractivity contribution is -0.120. The van der Waals surface area contributed by atoms with Crippen LogP contribution >= 0.6 is 0 Å². The first kappa shape index (κ1) is 22.0. The van der Waals surface area contributed by atoms with Crippen LogP contribution in [0.4, 0.5) is 5.69 Å². The number of nitrogens with zero attached hydrogens (tertiary/aromatic N) is 3. The zero-order chi connectivity index (χ0) is 23.8. The van der Waals surface area contributed by atoms with Crippen LogP contribution in [-0.4, -0.2) is 36.2 Å². The average molecular weight is 465 g/mol. The Hall–Kier alpha value is -3.47. The number of carbonyl (C=O) groups is 1. The summed E-state index contributed by atoms with van der Waals surface area (Å²) in [6.45, 7) is 2.94. The number of nitrogens with one attached hydrogen (secondary N) is 1. The molecule has 6 rings (SSSR count). The van der Waals surface area contributed by atoms with Crippen molar-refractivity contribution in [3.05, 3.63) is 77.9 Å². The van der Waals surface area contributed by atoms with E-state index in [4.69, 9.17) is 9.98 Å². The first-order valence-electron chi connectivity index (χ1n) is 13.0. The van der Waals surface area contributed by atoms with Crippen molar-refractivity contribution in [1.82, 2.24) is 5.32 Å². The van der Waals surface area contributed by atoms with Crippen LogP contribution < -0.4 is 10.2 Å². The molecule has 0 radical (unpaired) electrons. The predicted molar refractivity (Wildman–Crippen MR) is 143 cm³/mol. The molecule has 0 aromatic heterocycles. The van der Waals surface area contributed by atoms with E-state index in [2.05, 4.69) is 59.6 Å². The Morgan fingerprint density at radius 2 is 1.71 bits per heavy atom. The molecule has 0 saturated heterocycles. The van der Waals surface area contributed by atoms with Crippen molar-refractivity contribution in [2.75, 3.05) is 11.4 Å². The molecule has 35 heavy (non-hydrogen) atoms. The molecule has 1 fully saturated rings. The van der Waals surface area contributed by atoms with E-state index in [0.29, 0.717) is 12.3 Å². The van der Waals surface area contributed by atoms with E-state index in [9.17, 15) is 4.79 Å². The lowest BCUT2D eigenvalue weighted by Crippen LogP contribution is -2.46. The number of aliphatic imine (C=N–C) groups is 2. The van der Waals surface area contributed by atoms with Crippen LogP contribution in [-0.2, 0) is 11.2 Å². The molecule has 2 aliphatic heterocycles. The number of anilines is 1. The van der Waals surface area contributed by atoms with Crippen molar-refractivity contribution >= 4 is 33.9 Å². The fraction of sp³-hybridized carbons (Fsp3) is 0.367. The molecular weight excluding hydrogens is 432 g/mol. The van der Waals surface area contributed by atoms with Gasteiger partial charge in [0.15, 0.2) is 6.17 Å². The fourth-order valence-corrected chi connectivity index (χ4v) is 5.95. The minimum Gasteiger partial charge on any atom is -0.328 e. The van der Waals surface area contributed by atoms with Gasteiger partial charge in [-0.2, -0.15) is 0 Å². The molecule has 0 unspecified atom stereocenters. The van der Waals surface area contributed by atoms with E-state index >= 15 is 0 Å². The van der Waals surface area contributed by atoms with E-state index in [0.717, 1.165) is 47.3 Å². The predicted octanol–water partition coefficient (Wildman–Crippen LogP) is 5.51. The Labute approximate surface area is 207 Å². The van der Waals surface area contributed by atoms with Gasteiger partial charge in [0, 0.05) is 18.0 Å². The van der Waals surface area contributed by atoms with Crippen molar-refractivity contribution in [3.63, 3.8) is 0 Å². The van der Waals surface area contributed by atoms with Gasteiger partial charge in [-0.1, -0.05) is 79.9 Å². The number of carbonyl (C=O) groups excluding carboxylic acids is 1. The summed E-state index contributed by atoms with van der Waals surface area (Å²) in [7, 11) is 0. The lowest BCUT2D eigenvalue weighted by Gasteiger charge is -2.25. The topological polar surface area (TPSA) is 57.1 Å². The van der Waals surface area contributed by atoms with Crippen LogP contribution in [0.2, 0.25) is 0 Å². The van der Waals surface area contributed by atoms with E-state index in [1.54, 1.807) is 0 Å². The Morgan fingerprint density at radius 1 is 0.943 bits per heavy atom. The summed E-state index contributed by atoms with van der Waals surface area (Å²) < 4.78 is 0. The van der Waals surface area contributed by atoms with Gasteiger partial charge in [-0.05, 0) is 42.2 Å². The van der Waals surface area contributed by atoms with Crippen LogP contribution in [0, 0.1) is 5.92 Å². The number of benzene rings is 3. The molecule has 0 bridgehead atoms. The van der Waals surface area contributed by atoms with E-state index < -0.39 is 6.17 Å². The molecule has 2 heterocycles. The molecule has 3 aliphatic rings. The van der Waals surface area contributed by atoms with Gasteiger partial charge in [0.2, 0.25) is 5.91 Å². The van der Waals surface area contributed by atoms with Gasteiger partial charge in [-0.15, -0.1) is 0 Å². The van der Waals surface area contributed by atoms with Gasteiger partial charge in [0.1, 0.15) is 5.84 Å². The normalized spacial score (nSPS) is 22.1. The lowest BCUT2D eigenvalue weighted by atomic mass is 9.83. The number of amides is 1. The van der Waals surface area contributed by atoms with Gasteiger partial charge in [-0.3, -0.25) is 14.8 Å². The minimum atomic E-state index is -0.466. The molecule has 1 N–H and O–H groups in total. The summed E-state index contributed by atoms with van der Waals surface area (Å²) >= 11 is 0. The molecular formula is C30H32N4O. The van der Waals surface area contributed by atoms with Crippen molar-refractivity contribution in [1.29, 1.82) is 0 Å². The molecule has 0 spiro atoms. The fourth-order valence-electron chi connectivity index (χ4n) is 5.95. The molecule has 1 amide bonds. The quantitative estimate of drug-likeness (QED) is 0.553. The molecule has 1 saturated carbocycles. The molecule has 5 nitrogen and oxygen atoms in total. The number of rotatable bonds is 4. The van der Waals surface area contributed by atoms with E-state index in [1.807, 2.05) is 24.3 Å². The summed E-state index contributed by atoms with van der Waals surface area (Å²) in [6.07, 6.45) is 5.96. The second-order valence-corrected chi connectivity index (χ2v) is 10.1. The zero-order valence-corrected chi connectivity index (χ0v) is 20.3. The maximum atomic E-state index is 13.4. The Balaban J connectivity index is 1.35. The van der Waals surface area contributed by atoms with Crippen LogP contribution in [0.1, 0.15) is 50.2 Å². The Bertz CT molecular complexity index is 1320. The third-order valence-corrected chi connectivity index (χ3v) is 7.58. The molecule has 3 aromatic carbocycles. The van der Waals surface area contributed by atoms with Crippen molar-refractivity contribution in [3.8, 4) is 0 Å². The molecule has 178 valence electrons. The van der Waals surface area contributed by atoms with Crippen LogP contribution in [0.3, 0.4) is 0 Å².